The zero-order chi connectivity index (χ0) is 18.5. The number of carbonyl (C=O) groups is 2. The van der Waals surface area contributed by atoms with Gasteiger partial charge in [-0.1, -0.05) is 31.0 Å². The maximum Gasteiger partial charge on any atom is 0.329 e. The molecule has 1 aliphatic carbocycles. The van der Waals surface area contributed by atoms with E-state index in [9.17, 15) is 9.59 Å². The lowest BCUT2D eigenvalue weighted by Gasteiger charge is -2.10. The van der Waals surface area contributed by atoms with E-state index in [1.165, 1.54) is 0 Å². The van der Waals surface area contributed by atoms with Gasteiger partial charge in [-0.15, -0.1) is 0 Å². The second kappa shape index (κ2) is 7.99. The molecule has 26 heavy (non-hydrogen) atoms. The number of hydrazone groups is 1. The zero-order valence-corrected chi connectivity index (χ0v) is 15.2. The number of nitrogens with one attached hydrogen (secondary N) is 2. The highest BCUT2D eigenvalue weighted by Crippen LogP contribution is 2.19. The van der Waals surface area contributed by atoms with E-state index >= 15 is 0 Å². The summed E-state index contributed by atoms with van der Waals surface area (Å²) >= 11 is 0. The van der Waals surface area contributed by atoms with Crippen molar-refractivity contribution in [2.75, 3.05) is 0 Å². The second-order valence-corrected chi connectivity index (χ2v) is 6.65. The van der Waals surface area contributed by atoms with E-state index < -0.39 is 11.8 Å². The Bertz CT molecular complexity index is 818. The van der Waals surface area contributed by atoms with Gasteiger partial charge in [0.05, 0.1) is 6.21 Å². The topological polar surface area (TPSA) is 75.5 Å². The average Bonchev–Trinajstić information content (AvgIpc) is 3.23. The molecule has 1 saturated carbocycles. The minimum absolute atomic E-state index is 0.113. The lowest BCUT2D eigenvalue weighted by Crippen LogP contribution is -2.42. The van der Waals surface area contributed by atoms with Crippen molar-refractivity contribution in [2.24, 2.45) is 5.10 Å². The Balaban J connectivity index is 1.63. The van der Waals surface area contributed by atoms with Gasteiger partial charge in [0.2, 0.25) is 0 Å². The molecular weight excluding hydrogens is 328 g/mol. The van der Waals surface area contributed by atoms with Crippen LogP contribution < -0.4 is 10.7 Å². The quantitative estimate of drug-likeness (QED) is 0.504. The summed E-state index contributed by atoms with van der Waals surface area (Å²) in [6, 6.07) is 12.1. The molecule has 0 bridgehead atoms. The summed E-state index contributed by atoms with van der Waals surface area (Å²) in [4.78, 5) is 23.7. The molecule has 1 heterocycles. The second-order valence-electron chi connectivity index (χ2n) is 6.65. The number of aromatic nitrogens is 1. The van der Waals surface area contributed by atoms with E-state index in [0.717, 1.165) is 48.3 Å². The number of amides is 2. The fourth-order valence-corrected chi connectivity index (χ4v) is 3.43. The van der Waals surface area contributed by atoms with Crippen molar-refractivity contribution in [3.05, 3.63) is 53.3 Å². The van der Waals surface area contributed by atoms with Gasteiger partial charge >= 0.3 is 11.8 Å². The summed E-state index contributed by atoms with van der Waals surface area (Å²) in [5, 5.41) is 6.69. The fourth-order valence-electron chi connectivity index (χ4n) is 3.43. The third kappa shape index (κ3) is 4.02. The van der Waals surface area contributed by atoms with Crippen molar-refractivity contribution in [3.8, 4) is 5.69 Å². The molecule has 136 valence electrons. The summed E-state index contributed by atoms with van der Waals surface area (Å²) in [7, 11) is 0. The van der Waals surface area contributed by atoms with E-state index in [0.29, 0.717) is 0 Å². The third-order valence-electron chi connectivity index (χ3n) is 4.75. The van der Waals surface area contributed by atoms with Crippen LogP contribution in [0.25, 0.3) is 5.69 Å². The first-order chi connectivity index (χ1) is 12.6. The number of carbonyl (C=O) groups excluding carboxylic acids is 2. The molecule has 1 aromatic carbocycles. The molecule has 6 nitrogen and oxygen atoms in total. The summed E-state index contributed by atoms with van der Waals surface area (Å²) in [6.45, 7) is 4.01. The van der Waals surface area contributed by atoms with Crippen LogP contribution in [0.2, 0.25) is 0 Å². The number of para-hydroxylation sites is 1. The molecule has 0 atom stereocenters. The first-order valence-electron chi connectivity index (χ1n) is 8.94. The number of nitrogens with zero attached hydrogens (tertiary/aromatic N) is 2. The molecule has 1 aliphatic rings. The van der Waals surface area contributed by atoms with Crippen LogP contribution in [0, 0.1) is 13.8 Å². The SMILES string of the molecule is Cc1cc(/C=N/NC(=O)C(=O)NC2CCCC2)c(C)n1-c1ccccc1. The minimum atomic E-state index is -0.731. The molecule has 2 N–H and O–H groups in total. The molecule has 2 amide bonds. The first kappa shape index (κ1) is 17.9. The van der Waals surface area contributed by atoms with E-state index in [2.05, 4.69) is 20.4 Å². The van der Waals surface area contributed by atoms with E-state index in [4.69, 9.17) is 0 Å². The number of benzene rings is 1. The molecule has 0 radical (unpaired) electrons. The van der Waals surface area contributed by atoms with Gasteiger partial charge < -0.3 is 9.88 Å². The van der Waals surface area contributed by atoms with Gasteiger partial charge in [-0.25, -0.2) is 5.43 Å². The maximum atomic E-state index is 11.9. The summed E-state index contributed by atoms with van der Waals surface area (Å²) in [5.41, 5.74) is 6.36. The molecule has 3 rings (SSSR count). The van der Waals surface area contributed by atoms with Gasteiger partial charge in [0, 0.05) is 28.7 Å². The van der Waals surface area contributed by atoms with Crippen LogP contribution >= 0.6 is 0 Å². The van der Waals surface area contributed by atoms with Gasteiger partial charge in [0.1, 0.15) is 0 Å². The van der Waals surface area contributed by atoms with E-state index in [-0.39, 0.29) is 6.04 Å². The van der Waals surface area contributed by atoms with Crippen molar-refractivity contribution >= 4 is 18.0 Å². The highest BCUT2D eigenvalue weighted by Gasteiger charge is 2.21. The van der Waals surface area contributed by atoms with Crippen molar-refractivity contribution in [1.82, 2.24) is 15.3 Å². The Morgan fingerprint density at radius 2 is 1.81 bits per heavy atom. The monoisotopic (exact) mass is 352 g/mol. The van der Waals surface area contributed by atoms with Crippen LogP contribution in [0.5, 0.6) is 0 Å². The van der Waals surface area contributed by atoms with Crippen LogP contribution in [0.1, 0.15) is 42.6 Å². The fraction of sp³-hybridized carbons (Fsp3) is 0.350. The molecule has 1 aromatic heterocycles. The van der Waals surface area contributed by atoms with Crippen molar-refractivity contribution in [1.29, 1.82) is 0 Å². The van der Waals surface area contributed by atoms with Gasteiger partial charge in [-0.2, -0.15) is 5.10 Å². The number of aryl methyl sites for hydroxylation is 1. The average molecular weight is 352 g/mol. The van der Waals surface area contributed by atoms with Crippen molar-refractivity contribution < 1.29 is 9.59 Å². The lowest BCUT2D eigenvalue weighted by molar-refractivity contribution is -0.139. The van der Waals surface area contributed by atoms with Gasteiger partial charge in [-0.3, -0.25) is 9.59 Å². The Labute approximate surface area is 153 Å². The van der Waals surface area contributed by atoms with Gasteiger partial charge in [0.25, 0.3) is 0 Å². The zero-order valence-electron chi connectivity index (χ0n) is 15.2. The number of hydrogen-bond donors (Lipinski definition) is 2. The Kier molecular flexibility index (Phi) is 5.51. The predicted molar refractivity (Wildman–Crippen MR) is 101 cm³/mol. The predicted octanol–water partition coefficient (Wildman–Crippen LogP) is 2.60. The number of rotatable bonds is 4. The van der Waals surface area contributed by atoms with Crippen LogP contribution in [-0.2, 0) is 9.59 Å². The van der Waals surface area contributed by atoms with E-state index in [1.54, 1.807) is 6.21 Å². The highest BCUT2D eigenvalue weighted by molar-refractivity contribution is 6.35. The minimum Gasteiger partial charge on any atom is -0.345 e. The van der Waals surface area contributed by atoms with Crippen molar-refractivity contribution in [2.45, 2.75) is 45.6 Å². The largest absolute Gasteiger partial charge is 0.345 e. The van der Waals surface area contributed by atoms with Crippen LogP contribution in [0.4, 0.5) is 0 Å². The molecule has 1 fully saturated rings. The third-order valence-corrected chi connectivity index (χ3v) is 4.75. The summed E-state index contributed by atoms with van der Waals surface area (Å²) in [5.74, 6) is -1.35. The standard InChI is InChI=1S/C20H24N4O2/c1-14-12-16(15(2)24(14)18-10-4-3-5-11-18)13-21-23-20(26)19(25)22-17-8-6-7-9-17/h3-5,10-13,17H,6-9H2,1-2H3,(H,22,25)(H,23,26)/b21-13+. The Hall–Kier alpha value is -2.89. The van der Waals surface area contributed by atoms with Crippen molar-refractivity contribution in [3.63, 3.8) is 0 Å². The molecule has 0 unspecified atom stereocenters. The molecule has 0 aliphatic heterocycles. The molecule has 6 heteroatoms. The van der Waals surface area contributed by atoms with Crippen LogP contribution in [0.15, 0.2) is 41.5 Å². The molecule has 0 spiro atoms. The lowest BCUT2D eigenvalue weighted by atomic mass is 10.2. The van der Waals surface area contributed by atoms with Gasteiger partial charge in [0.15, 0.2) is 0 Å². The maximum absolute atomic E-state index is 11.9. The molecule has 2 aromatic rings. The van der Waals surface area contributed by atoms with E-state index in [1.807, 2.05) is 50.2 Å². The summed E-state index contributed by atoms with van der Waals surface area (Å²) in [6.07, 6.45) is 5.65. The Morgan fingerprint density at radius 1 is 1.12 bits per heavy atom. The summed E-state index contributed by atoms with van der Waals surface area (Å²) < 4.78 is 2.12. The smallest absolute Gasteiger partial charge is 0.329 e. The van der Waals surface area contributed by atoms with Gasteiger partial charge in [-0.05, 0) is 44.9 Å². The van der Waals surface area contributed by atoms with Crippen LogP contribution in [0.3, 0.4) is 0 Å². The molecule has 0 saturated heterocycles. The highest BCUT2D eigenvalue weighted by atomic mass is 16.2. The number of hydrogen-bond acceptors (Lipinski definition) is 3. The normalized spacial score (nSPS) is 14.7. The first-order valence-corrected chi connectivity index (χ1v) is 8.94. The Morgan fingerprint density at radius 3 is 2.50 bits per heavy atom. The van der Waals surface area contributed by atoms with Crippen LogP contribution in [-0.4, -0.2) is 28.6 Å². The molecular formula is C20H24N4O2.